The Balaban J connectivity index is 2.23. The maximum atomic E-state index is 11.1. The Labute approximate surface area is 130 Å². The molecule has 0 saturated carbocycles. The van der Waals surface area contributed by atoms with Gasteiger partial charge in [0.2, 0.25) is 0 Å². The standard InChI is InChI=1S/C16H18N2O3S/c1-12-10-15(22(19,20)21)8-9-16(12)17-11-13-4-6-14(7-5-13)18(2)3/h4-11H,1-3H3,(H,19,20,21). The van der Waals surface area contributed by atoms with Crippen molar-refractivity contribution in [3.8, 4) is 0 Å². The monoisotopic (exact) mass is 318 g/mol. The van der Waals surface area contributed by atoms with Crippen LogP contribution in [0, 0.1) is 6.92 Å². The lowest BCUT2D eigenvalue weighted by molar-refractivity contribution is 0.483. The minimum atomic E-state index is -4.18. The number of hydrogen-bond donors (Lipinski definition) is 1. The fourth-order valence-electron chi connectivity index (χ4n) is 1.94. The van der Waals surface area contributed by atoms with Crippen molar-refractivity contribution in [1.29, 1.82) is 0 Å². The Morgan fingerprint density at radius 2 is 1.73 bits per heavy atom. The number of nitrogens with zero attached hydrogens (tertiary/aromatic N) is 2. The molecule has 0 unspecified atom stereocenters. The summed E-state index contributed by atoms with van der Waals surface area (Å²) in [6, 6.07) is 12.2. The summed E-state index contributed by atoms with van der Waals surface area (Å²) in [6.45, 7) is 1.75. The van der Waals surface area contributed by atoms with Crippen molar-refractivity contribution >= 4 is 27.7 Å². The van der Waals surface area contributed by atoms with E-state index in [-0.39, 0.29) is 4.90 Å². The molecule has 0 atom stereocenters. The average molecular weight is 318 g/mol. The molecule has 116 valence electrons. The molecule has 0 aliphatic carbocycles. The van der Waals surface area contributed by atoms with E-state index in [4.69, 9.17) is 4.55 Å². The number of hydrogen-bond acceptors (Lipinski definition) is 4. The van der Waals surface area contributed by atoms with E-state index in [9.17, 15) is 8.42 Å². The molecule has 0 amide bonds. The summed E-state index contributed by atoms with van der Waals surface area (Å²) in [6.07, 6.45) is 1.72. The summed E-state index contributed by atoms with van der Waals surface area (Å²) in [4.78, 5) is 6.25. The summed E-state index contributed by atoms with van der Waals surface area (Å²) < 4.78 is 31.2. The number of aliphatic imine (C=N–C) groups is 1. The van der Waals surface area contributed by atoms with E-state index in [0.29, 0.717) is 11.3 Å². The average Bonchev–Trinajstić information content (AvgIpc) is 2.45. The van der Waals surface area contributed by atoms with Gasteiger partial charge in [0.25, 0.3) is 10.1 Å². The Hall–Kier alpha value is -2.18. The molecule has 0 radical (unpaired) electrons. The van der Waals surface area contributed by atoms with Gasteiger partial charge in [0.1, 0.15) is 0 Å². The molecule has 0 heterocycles. The number of benzene rings is 2. The second-order valence-corrected chi connectivity index (χ2v) is 6.59. The molecular formula is C16H18N2O3S. The third-order valence-electron chi connectivity index (χ3n) is 3.23. The molecule has 2 aromatic carbocycles. The number of aryl methyl sites for hydroxylation is 1. The first-order valence-electron chi connectivity index (χ1n) is 6.67. The van der Waals surface area contributed by atoms with Gasteiger partial charge in [-0.3, -0.25) is 9.55 Å². The highest BCUT2D eigenvalue weighted by atomic mass is 32.2. The van der Waals surface area contributed by atoms with Crippen LogP contribution in [0.3, 0.4) is 0 Å². The first kappa shape index (κ1) is 16.2. The Kier molecular flexibility index (Phi) is 4.63. The summed E-state index contributed by atoms with van der Waals surface area (Å²) in [7, 11) is -0.228. The van der Waals surface area contributed by atoms with Crippen molar-refractivity contribution in [2.75, 3.05) is 19.0 Å². The molecular weight excluding hydrogens is 300 g/mol. The van der Waals surface area contributed by atoms with E-state index < -0.39 is 10.1 Å². The van der Waals surface area contributed by atoms with E-state index in [2.05, 4.69) is 4.99 Å². The van der Waals surface area contributed by atoms with Gasteiger partial charge in [0, 0.05) is 26.0 Å². The van der Waals surface area contributed by atoms with Gasteiger partial charge in [-0.15, -0.1) is 0 Å². The fraction of sp³-hybridized carbons (Fsp3) is 0.188. The lowest BCUT2D eigenvalue weighted by atomic mass is 10.2. The smallest absolute Gasteiger partial charge is 0.294 e. The van der Waals surface area contributed by atoms with Crippen molar-refractivity contribution in [3.63, 3.8) is 0 Å². The SMILES string of the molecule is Cc1cc(S(=O)(=O)O)ccc1N=Cc1ccc(N(C)C)cc1. The summed E-state index contributed by atoms with van der Waals surface area (Å²) in [5.74, 6) is 0. The van der Waals surface area contributed by atoms with Crippen molar-refractivity contribution in [1.82, 2.24) is 0 Å². The van der Waals surface area contributed by atoms with E-state index in [1.54, 1.807) is 19.2 Å². The molecule has 2 rings (SSSR count). The van der Waals surface area contributed by atoms with Crippen molar-refractivity contribution in [2.45, 2.75) is 11.8 Å². The minimum Gasteiger partial charge on any atom is -0.378 e. The van der Waals surface area contributed by atoms with Gasteiger partial charge in [-0.1, -0.05) is 12.1 Å². The third kappa shape index (κ3) is 3.93. The first-order valence-corrected chi connectivity index (χ1v) is 8.11. The molecule has 5 nitrogen and oxygen atoms in total. The Morgan fingerprint density at radius 1 is 1.09 bits per heavy atom. The normalized spacial score (nSPS) is 11.8. The molecule has 0 saturated heterocycles. The second-order valence-electron chi connectivity index (χ2n) is 5.17. The fourth-order valence-corrected chi connectivity index (χ4v) is 2.50. The third-order valence-corrected chi connectivity index (χ3v) is 4.08. The van der Waals surface area contributed by atoms with Crippen molar-refractivity contribution < 1.29 is 13.0 Å². The molecule has 2 aromatic rings. The lowest BCUT2D eigenvalue weighted by Gasteiger charge is -2.11. The zero-order chi connectivity index (χ0) is 16.3. The zero-order valence-electron chi connectivity index (χ0n) is 12.7. The van der Waals surface area contributed by atoms with Crippen LogP contribution in [0.25, 0.3) is 0 Å². The van der Waals surface area contributed by atoms with Crippen LogP contribution >= 0.6 is 0 Å². The van der Waals surface area contributed by atoms with Crippen LogP contribution in [-0.4, -0.2) is 33.3 Å². The molecule has 0 aliphatic rings. The molecule has 6 heteroatoms. The highest BCUT2D eigenvalue weighted by Gasteiger charge is 2.10. The van der Waals surface area contributed by atoms with Gasteiger partial charge in [-0.05, 0) is 48.4 Å². The lowest BCUT2D eigenvalue weighted by Crippen LogP contribution is -2.08. The van der Waals surface area contributed by atoms with Crippen LogP contribution in [0.2, 0.25) is 0 Å². The van der Waals surface area contributed by atoms with Crippen LogP contribution in [0.4, 0.5) is 11.4 Å². The van der Waals surface area contributed by atoms with Crippen LogP contribution in [0.15, 0.2) is 52.4 Å². The van der Waals surface area contributed by atoms with Crippen LogP contribution in [-0.2, 0) is 10.1 Å². The van der Waals surface area contributed by atoms with Crippen molar-refractivity contribution in [2.24, 2.45) is 4.99 Å². The predicted molar refractivity (Wildman–Crippen MR) is 89.0 cm³/mol. The molecule has 0 bridgehead atoms. The highest BCUT2D eigenvalue weighted by molar-refractivity contribution is 7.85. The molecule has 0 aromatic heterocycles. The van der Waals surface area contributed by atoms with Crippen LogP contribution in [0.1, 0.15) is 11.1 Å². The van der Waals surface area contributed by atoms with Gasteiger partial charge >= 0.3 is 0 Å². The topological polar surface area (TPSA) is 70.0 Å². The van der Waals surface area contributed by atoms with Crippen LogP contribution in [0.5, 0.6) is 0 Å². The molecule has 0 fully saturated rings. The summed E-state index contributed by atoms with van der Waals surface area (Å²) in [5.41, 5.74) is 3.38. The zero-order valence-corrected chi connectivity index (χ0v) is 13.5. The Bertz CT molecular complexity index is 795. The van der Waals surface area contributed by atoms with Gasteiger partial charge in [0.05, 0.1) is 10.6 Å². The van der Waals surface area contributed by atoms with E-state index >= 15 is 0 Å². The molecule has 1 N–H and O–H groups in total. The maximum absolute atomic E-state index is 11.1. The van der Waals surface area contributed by atoms with Gasteiger partial charge in [-0.25, -0.2) is 0 Å². The predicted octanol–water partition coefficient (Wildman–Crippen LogP) is 3.06. The van der Waals surface area contributed by atoms with Gasteiger partial charge in [-0.2, -0.15) is 8.42 Å². The van der Waals surface area contributed by atoms with Crippen LogP contribution < -0.4 is 4.90 Å². The largest absolute Gasteiger partial charge is 0.378 e. The Morgan fingerprint density at radius 3 is 2.23 bits per heavy atom. The van der Waals surface area contributed by atoms with E-state index in [1.165, 1.54) is 12.1 Å². The van der Waals surface area contributed by atoms with E-state index in [0.717, 1.165) is 11.3 Å². The first-order chi connectivity index (χ1) is 10.3. The maximum Gasteiger partial charge on any atom is 0.294 e. The second kappa shape index (κ2) is 6.29. The number of anilines is 1. The molecule has 0 aliphatic heterocycles. The number of rotatable bonds is 4. The van der Waals surface area contributed by atoms with Crippen molar-refractivity contribution in [3.05, 3.63) is 53.6 Å². The summed E-state index contributed by atoms with van der Waals surface area (Å²) >= 11 is 0. The molecule has 0 spiro atoms. The van der Waals surface area contributed by atoms with Gasteiger partial charge in [0.15, 0.2) is 0 Å². The minimum absolute atomic E-state index is 0.126. The quantitative estimate of drug-likeness (QED) is 0.695. The molecule has 22 heavy (non-hydrogen) atoms. The van der Waals surface area contributed by atoms with E-state index in [1.807, 2.05) is 43.3 Å². The highest BCUT2D eigenvalue weighted by Crippen LogP contribution is 2.22. The van der Waals surface area contributed by atoms with Gasteiger partial charge < -0.3 is 4.90 Å². The summed E-state index contributed by atoms with van der Waals surface area (Å²) in [5, 5.41) is 0.